The van der Waals surface area contributed by atoms with Gasteiger partial charge in [-0.05, 0) is 85.6 Å². The summed E-state index contributed by atoms with van der Waals surface area (Å²) in [4.78, 5) is 31.4. The predicted molar refractivity (Wildman–Crippen MR) is 150 cm³/mol. The second kappa shape index (κ2) is 10.5. The summed E-state index contributed by atoms with van der Waals surface area (Å²) < 4.78 is 30.5. The molecule has 0 aliphatic carbocycles. The fourth-order valence-corrected chi connectivity index (χ4v) is 5.23. The van der Waals surface area contributed by atoms with Crippen LogP contribution in [0.3, 0.4) is 0 Å². The molecule has 1 heterocycles. The second-order valence-electron chi connectivity index (χ2n) is 8.01. The average Bonchev–Trinajstić information content (AvgIpc) is 2.85. The maximum Gasteiger partial charge on any atom is 0.335 e. The number of halogens is 2. The number of aromatic amines is 1. The summed E-state index contributed by atoms with van der Waals surface area (Å²) in [5.41, 5.74) is 0.908. The van der Waals surface area contributed by atoms with Crippen molar-refractivity contribution in [3.8, 4) is 11.6 Å². The molecule has 0 unspecified atom stereocenters. The van der Waals surface area contributed by atoms with Gasteiger partial charge in [-0.25, -0.2) is 17.8 Å². The summed E-state index contributed by atoms with van der Waals surface area (Å²) in [5.74, 6) is -0.569. The number of aliphatic imine (C=N–C) groups is 1. The molecule has 0 atom stereocenters. The van der Waals surface area contributed by atoms with E-state index in [1.54, 1.807) is 43.3 Å². The molecule has 0 amide bonds. The molecule has 0 spiro atoms. The maximum absolute atomic E-state index is 12.7. The largest absolute Gasteiger partial charge is 0.493 e. The number of nitrogens with one attached hydrogen (secondary N) is 2. The Kier molecular flexibility index (Phi) is 7.53. The van der Waals surface area contributed by atoms with E-state index in [0.717, 1.165) is 30.9 Å². The van der Waals surface area contributed by atoms with Gasteiger partial charge in [0.05, 0.1) is 16.3 Å². The molecular formula is C25H20Br2N4O5S. The van der Waals surface area contributed by atoms with Crippen LogP contribution in [0, 0.1) is 13.8 Å². The van der Waals surface area contributed by atoms with Gasteiger partial charge in [-0.2, -0.15) is 0 Å². The van der Waals surface area contributed by atoms with E-state index in [-0.39, 0.29) is 10.5 Å². The van der Waals surface area contributed by atoms with E-state index >= 15 is 0 Å². The Balaban J connectivity index is 1.64. The fourth-order valence-electron chi connectivity index (χ4n) is 3.48. The summed E-state index contributed by atoms with van der Waals surface area (Å²) in [5, 5.41) is 10.8. The second-order valence-corrected chi connectivity index (χ2v) is 11.5. The number of sulfonamides is 1. The number of rotatable bonds is 6. The van der Waals surface area contributed by atoms with Crippen LogP contribution < -0.4 is 16.0 Å². The van der Waals surface area contributed by atoms with E-state index in [0.29, 0.717) is 17.1 Å². The molecule has 0 bridgehead atoms. The van der Waals surface area contributed by atoms with Crippen LogP contribution in [0.4, 0.5) is 11.4 Å². The van der Waals surface area contributed by atoms with E-state index < -0.39 is 27.2 Å². The van der Waals surface area contributed by atoms with Gasteiger partial charge in [0.15, 0.2) is 0 Å². The topological polar surface area (TPSA) is 134 Å². The van der Waals surface area contributed by atoms with Gasteiger partial charge in [0.2, 0.25) is 5.88 Å². The predicted octanol–water partition coefficient (Wildman–Crippen LogP) is 4.92. The zero-order valence-electron chi connectivity index (χ0n) is 19.5. The van der Waals surface area contributed by atoms with Crippen LogP contribution in [-0.2, 0) is 10.0 Å². The lowest BCUT2D eigenvalue weighted by Gasteiger charge is -2.14. The molecule has 0 aliphatic rings. The number of benzene rings is 3. The molecule has 190 valence electrons. The van der Waals surface area contributed by atoms with Crippen molar-refractivity contribution in [2.24, 2.45) is 4.99 Å². The van der Waals surface area contributed by atoms with Crippen molar-refractivity contribution in [1.82, 2.24) is 9.55 Å². The van der Waals surface area contributed by atoms with Crippen LogP contribution in [0.25, 0.3) is 5.69 Å². The summed E-state index contributed by atoms with van der Waals surface area (Å²) in [6, 6.07) is 15.7. The molecular weight excluding hydrogens is 628 g/mol. The van der Waals surface area contributed by atoms with Crippen molar-refractivity contribution < 1.29 is 13.5 Å². The van der Waals surface area contributed by atoms with Crippen LogP contribution in [-0.4, -0.2) is 29.3 Å². The van der Waals surface area contributed by atoms with Crippen LogP contribution in [0.15, 0.2) is 89.1 Å². The highest BCUT2D eigenvalue weighted by Crippen LogP contribution is 2.27. The smallest absolute Gasteiger partial charge is 0.335 e. The van der Waals surface area contributed by atoms with Crippen LogP contribution >= 0.6 is 31.9 Å². The minimum atomic E-state index is -3.83. The van der Waals surface area contributed by atoms with Gasteiger partial charge in [-0.15, -0.1) is 0 Å². The van der Waals surface area contributed by atoms with E-state index in [1.165, 1.54) is 24.3 Å². The Labute approximate surface area is 228 Å². The normalized spacial score (nSPS) is 11.7. The molecule has 37 heavy (non-hydrogen) atoms. The van der Waals surface area contributed by atoms with E-state index in [4.69, 9.17) is 0 Å². The molecule has 12 heteroatoms. The molecule has 3 N–H and O–H groups in total. The Morgan fingerprint density at radius 1 is 0.946 bits per heavy atom. The lowest BCUT2D eigenvalue weighted by atomic mass is 10.1. The van der Waals surface area contributed by atoms with Gasteiger partial charge in [0.25, 0.3) is 15.6 Å². The SMILES string of the molecule is Cc1c(Br)ccc(-n2c(O)c(C=Nc3ccc(S(=O)(=O)Nc4ccc(Br)cc4)cc3)c(=O)[nH]c2=O)c1C. The first kappa shape index (κ1) is 26.6. The summed E-state index contributed by atoms with van der Waals surface area (Å²) >= 11 is 6.73. The maximum atomic E-state index is 12.7. The summed E-state index contributed by atoms with van der Waals surface area (Å²) in [6.07, 6.45) is 1.12. The lowest BCUT2D eigenvalue weighted by Crippen LogP contribution is -2.31. The molecule has 4 aromatic rings. The standard InChI is InChI=1S/C25H20Br2N4O5S/c1-14-15(2)22(12-11-21(14)27)31-24(33)20(23(32)29-25(31)34)13-28-17-7-9-19(10-8-17)37(35,36)30-18-5-3-16(26)4-6-18/h3-13,30,33H,1-2H3,(H,29,32,34). The van der Waals surface area contributed by atoms with Crippen LogP contribution in [0.2, 0.25) is 0 Å². The van der Waals surface area contributed by atoms with E-state index in [9.17, 15) is 23.1 Å². The minimum Gasteiger partial charge on any atom is -0.493 e. The van der Waals surface area contributed by atoms with Crippen molar-refractivity contribution in [2.45, 2.75) is 18.7 Å². The number of nitrogens with zero attached hydrogens (tertiary/aromatic N) is 2. The number of aromatic hydroxyl groups is 1. The third-order valence-corrected chi connectivity index (χ3v) is 8.43. The number of hydrogen-bond donors (Lipinski definition) is 3. The fraction of sp³-hybridized carbons (Fsp3) is 0.0800. The van der Waals surface area contributed by atoms with E-state index in [1.807, 2.05) is 6.92 Å². The monoisotopic (exact) mass is 646 g/mol. The van der Waals surface area contributed by atoms with Crippen molar-refractivity contribution in [2.75, 3.05) is 4.72 Å². The van der Waals surface area contributed by atoms with Gasteiger partial charge in [0, 0.05) is 20.8 Å². The van der Waals surface area contributed by atoms with Gasteiger partial charge in [-0.1, -0.05) is 31.9 Å². The Morgan fingerprint density at radius 2 is 1.59 bits per heavy atom. The van der Waals surface area contributed by atoms with E-state index in [2.05, 4.69) is 46.6 Å². The molecule has 0 radical (unpaired) electrons. The Morgan fingerprint density at radius 3 is 2.24 bits per heavy atom. The lowest BCUT2D eigenvalue weighted by molar-refractivity contribution is 0.430. The first-order chi connectivity index (χ1) is 17.5. The van der Waals surface area contributed by atoms with Crippen molar-refractivity contribution >= 4 is 59.5 Å². The molecule has 4 rings (SSSR count). The first-order valence-corrected chi connectivity index (χ1v) is 13.8. The zero-order chi connectivity index (χ0) is 26.9. The van der Waals surface area contributed by atoms with Crippen molar-refractivity contribution in [3.05, 3.63) is 107 Å². The Bertz CT molecular complexity index is 1740. The summed E-state index contributed by atoms with van der Waals surface area (Å²) in [6.45, 7) is 3.65. The quantitative estimate of drug-likeness (QED) is 0.255. The van der Waals surface area contributed by atoms with Crippen LogP contribution in [0.5, 0.6) is 5.88 Å². The third kappa shape index (κ3) is 5.60. The van der Waals surface area contributed by atoms with Crippen molar-refractivity contribution in [3.63, 3.8) is 0 Å². The molecule has 0 fully saturated rings. The van der Waals surface area contributed by atoms with Gasteiger partial charge in [0.1, 0.15) is 5.56 Å². The summed E-state index contributed by atoms with van der Waals surface area (Å²) in [7, 11) is -3.83. The first-order valence-electron chi connectivity index (χ1n) is 10.7. The minimum absolute atomic E-state index is 0.0182. The van der Waals surface area contributed by atoms with Gasteiger partial charge < -0.3 is 5.11 Å². The molecule has 9 nitrogen and oxygen atoms in total. The van der Waals surface area contributed by atoms with Gasteiger partial charge in [-0.3, -0.25) is 19.5 Å². The third-order valence-electron chi connectivity index (χ3n) is 5.64. The number of H-pyrrole nitrogens is 1. The molecule has 0 saturated heterocycles. The van der Waals surface area contributed by atoms with Gasteiger partial charge >= 0.3 is 5.69 Å². The molecule has 1 aromatic heterocycles. The molecule has 0 saturated carbocycles. The number of anilines is 1. The number of aromatic nitrogens is 2. The van der Waals surface area contributed by atoms with Crippen molar-refractivity contribution in [1.29, 1.82) is 0 Å². The highest BCUT2D eigenvalue weighted by Gasteiger charge is 2.17. The average molecular weight is 648 g/mol. The zero-order valence-corrected chi connectivity index (χ0v) is 23.5. The highest BCUT2D eigenvalue weighted by atomic mass is 79.9. The Hall–Kier alpha value is -3.48. The number of hydrogen-bond acceptors (Lipinski definition) is 6. The molecule has 0 aliphatic heterocycles. The molecule has 3 aromatic carbocycles. The van der Waals surface area contributed by atoms with Crippen LogP contribution in [0.1, 0.15) is 16.7 Å². The highest BCUT2D eigenvalue weighted by molar-refractivity contribution is 9.10.